The SMILES string of the molecule is O=[N+]([O-])c1cc2c(cc1Cl)OCCN2. The summed E-state index contributed by atoms with van der Waals surface area (Å²) < 4.78 is 5.27. The predicted molar refractivity (Wildman–Crippen MR) is 52.1 cm³/mol. The molecule has 0 aliphatic carbocycles. The van der Waals surface area contributed by atoms with Gasteiger partial charge in [0.1, 0.15) is 17.4 Å². The van der Waals surface area contributed by atoms with Crippen molar-refractivity contribution in [1.82, 2.24) is 0 Å². The van der Waals surface area contributed by atoms with Gasteiger partial charge in [-0.25, -0.2) is 0 Å². The van der Waals surface area contributed by atoms with Crippen LogP contribution in [0.25, 0.3) is 0 Å². The zero-order valence-corrected chi connectivity index (χ0v) is 7.87. The van der Waals surface area contributed by atoms with Crippen LogP contribution in [0.4, 0.5) is 11.4 Å². The molecule has 1 aromatic rings. The molecule has 6 heteroatoms. The van der Waals surface area contributed by atoms with Gasteiger partial charge in [0.25, 0.3) is 5.69 Å². The first-order chi connectivity index (χ1) is 6.68. The number of nitro groups is 1. The number of anilines is 1. The number of hydrogen-bond donors (Lipinski definition) is 1. The van der Waals surface area contributed by atoms with Crippen LogP contribution in [0.15, 0.2) is 12.1 Å². The molecule has 5 nitrogen and oxygen atoms in total. The molecule has 0 aromatic heterocycles. The van der Waals surface area contributed by atoms with E-state index in [0.29, 0.717) is 24.6 Å². The van der Waals surface area contributed by atoms with Gasteiger partial charge >= 0.3 is 0 Å². The molecule has 0 saturated heterocycles. The van der Waals surface area contributed by atoms with E-state index in [1.165, 1.54) is 12.1 Å². The Kier molecular flexibility index (Phi) is 2.17. The summed E-state index contributed by atoms with van der Waals surface area (Å²) in [4.78, 5) is 10.0. The van der Waals surface area contributed by atoms with E-state index < -0.39 is 4.92 Å². The fourth-order valence-corrected chi connectivity index (χ4v) is 1.51. The van der Waals surface area contributed by atoms with Crippen LogP contribution in [0.1, 0.15) is 0 Å². The van der Waals surface area contributed by atoms with Crippen molar-refractivity contribution in [2.24, 2.45) is 0 Å². The molecule has 1 aromatic carbocycles. The molecule has 1 aliphatic rings. The fourth-order valence-electron chi connectivity index (χ4n) is 1.29. The smallest absolute Gasteiger partial charge is 0.290 e. The average molecular weight is 215 g/mol. The van der Waals surface area contributed by atoms with Crippen molar-refractivity contribution in [2.75, 3.05) is 18.5 Å². The van der Waals surface area contributed by atoms with Gasteiger partial charge in [0.15, 0.2) is 0 Å². The van der Waals surface area contributed by atoms with Crippen molar-refractivity contribution >= 4 is 23.0 Å². The Morgan fingerprint density at radius 2 is 2.36 bits per heavy atom. The molecule has 1 heterocycles. The van der Waals surface area contributed by atoms with Crippen LogP contribution in [0.3, 0.4) is 0 Å². The summed E-state index contributed by atoms with van der Waals surface area (Å²) in [6.07, 6.45) is 0. The van der Waals surface area contributed by atoms with Crippen LogP contribution in [-0.4, -0.2) is 18.1 Å². The van der Waals surface area contributed by atoms with Crippen LogP contribution < -0.4 is 10.1 Å². The van der Waals surface area contributed by atoms with Crippen LogP contribution >= 0.6 is 11.6 Å². The first-order valence-corrected chi connectivity index (χ1v) is 4.41. The second-order valence-corrected chi connectivity index (χ2v) is 3.24. The number of nitrogens with one attached hydrogen (secondary N) is 1. The lowest BCUT2D eigenvalue weighted by atomic mass is 10.2. The maximum atomic E-state index is 10.6. The second kappa shape index (κ2) is 3.34. The summed E-state index contributed by atoms with van der Waals surface area (Å²) >= 11 is 5.71. The van der Waals surface area contributed by atoms with Crippen LogP contribution in [-0.2, 0) is 0 Å². The van der Waals surface area contributed by atoms with E-state index >= 15 is 0 Å². The highest BCUT2D eigenvalue weighted by Crippen LogP contribution is 2.36. The normalized spacial score (nSPS) is 13.8. The third-order valence-corrected chi connectivity index (χ3v) is 2.22. The molecular weight excluding hydrogens is 208 g/mol. The van der Waals surface area contributed by atoms with E-state index in [-0.39, 0.29) is 10.7 Å². The fraction of sp³-hybridized carbons (Fsp3) is 0.250. The monoisotopic (exact) mass is 214 g/mol. The maximum absolute atomic E-state index is 10.6. The van der Waals surface area contributed by atoms with Gasteiger partial charge in [0.05, 0.1) is 10.6 Å². The lowest BCUT2D eigenvalue weighted by Gasteiger charge is -2.18. The number of rotatable bonds is 1. The standard InChI is InChI=1S/C8H7ClN2O3/c9-5-3-8-6(10-1-2-14-8)4-7(5)11(12)13/h3-4,10H,1-2H2. The van der Waals surface area contributed by atoms with Crippen molar-refractivity contribution < 1.29 is 9.66 Å². The van der Waals surface area contributed by atoms with Crippen molar-refractivity contribution in [1.29, 1.82) is 0 Å². The summed E-state index contributed by atoms with van der Waals surface area (Å²) in [5.41, 5.74) is 0.510. The van der Waals surface area contributed by atoms with Gasteiger partial charge in [0.2, 0.25) is 0 Å². The van der Waals surface area contributed by atoms with Gasteiger partial charge in [-0.05, 0) is 0 Å². The maximum Gasteiger partial charge on any atom is 0.290 e. The molecule has 0 amide bonds. The summed E-state index contributed by atoms with van der Waals surface area (Å²) in [6, 6.07) is 2.85. The van der Waals surface area contributed by atoms with E-state index in [1.54, 1.807) is 0 Å². The second-order valence-electron chi connectivity index (χ2n) is 2.83. The van der Waals surface area contributed by atoms with Gasteiger partial charge in [-0.2, -0.15) is 0 Å². The zero-order chi connectivity index (χ0) is 10.1. The molecule has 14 heavy (non-hydrogen) atoms. The van der Waals surface area contributed by atoms with Gasteiger partial charge in [0, 0.05) is 18.7 Å². The van der Waals surface area contributed by atoms with E-state index in [9.17, 15) is 10.1 Å². The molecule has 0 unspecified atom stereocenters. The molecule has 0 fully saturated rings. The molecule has 1 N–H and O–H groups in total. The summed E-state index contributed by atoms with van der Waals surface area (Å²) in [6.45, 7) is 1.19. The molecular formula is C8H7ClN2O3. The van der Waals surface area contributed by atoms with Crippen molar-refractivity contribution in [3.05, 3.63) is 27.3 Å². The van der Waals surface area contributed by atoms with E-state index in [4.69, 9.17) is 16.3 Å². The Labute approximate surface area is 84.8 Å². The molecule has 1 aliphatic heterocycles. The first-order valence-electron chi connectivity index (χ1n) is 4.03. The summed E-state index contributed by atoms with van der Waals surface area (Å²) in [5.74, 6) is 0.562. The third kappa shape index (κ3) is 1.46. The van der Waals surface area contributed by atoms with Crippen LogP contribution in [0, 0.1) is 10.1 Å². The molecule has 2 rings (SSSR count). The van der Waals surface area contributed by atoms with Crippen molar-refractivity contribution in [3.8, 4) is 5.75 Å². The highest BCUT2D eigenvalue weighted by molar-refractivity contribution is 6.33. The van der Waals surface area contributed by atoms with E-state index in [0.717, 1.165) is 0 Å². The molecule has 0 spiro atoms. The Balaban J connectivity index is 2.50. The van der Waals surface area contributed by atoms with Crippen LogP contribution in [0.2, 0.25) is 5.02 Å². The number of hydrogen-bond acceptors (Lipinski definition) is 4. The molecule has 0 bridgehead atoms. The van der Waals surface area contributed by atoms with Crippen molar-refractivity contribution in [3.63, 3.8) is 0 Å². The van der Waals surface area contributed by atoms with Gasteiger partial charge in [-0.1, -0.05) is 11.6 Å². The Morgan fingerprint density at radius 3 is 3.07 bits per heavy atom. The van der Waals surface area contributed by atoms with Gasteiger partial charge in [-0.15, -0.1) is 0 Å². The van der Waals surface area contributed by atoms with Gasteiger partial charge in [-0.3, -0.25) is 10.1 Å². The summed E-state index contributed by atoms with van der Waals surface area (Å²) in [7, 11) is 0. The predicted octanol–water partition coefficient (Wildman–Crippen LogP) is 2.05. The lowest BCUT2D eigenvalue weighted by molar-refractivity contribution is -0.384. The van der Waals surface area contributed by atoms with Gasteiger partial charge < -0.3 is 10.1 Å². The Morgan fingerprint density at radius 1 is 1.57 bits per heavy atom. The Hall–Kier alpha value is -1.49. The zero-order valence-electron chi connectivity index (χ0n) is 7.12. The number of benzene rings is 1. The number of nitro benzene ring substituents is 1. The molecule has 0 radical (unpaired) electrons. The first kappa shape index (κ1) is 9.08. The molecule has 0 atom stereocenters. The average Bonchev–Trinajstić information content (AvgIpc) is 2.16. The van der Waals surface area contributed by atoms with E-state index in [2.05, 4.69) is 5.32 Å². The highest BCUT2D eigenvalue weighted by Gasteiger charge is 2.19. The largest absolute Gasteiger partial charge is 0.490 e. The van der Waals surface area contributed by atoms with Crippen LogP contribution in [0.5, 0.6) is 5.75 Å². The minimum absolute atomic E-state index is 0.0949. The summed E-state index contributed by atoms with van der Waals surface area (Å²) in [5, 5.41) is 13.7. The van der Waals surface area contributed by atoms with Crippen molar-refractivity contribution in [2.45, 2.75) is 0 Å². The number of ether oxygens (including phenoxy) is 1. The number of halogens is 1. The highest BCUT2D eigenvalue weighted by atomic mass is 35.5. The minimum Gasteiger partial charge on any atom is -0.490 e. The quantitative estimate of drug-likeness (QED) is 0.574. The number of nitrogens with zero attached hydrogens (tertiary/aromatic N) is 1. The third-order valence-electron chi connectivity index (χ3n) is 1.92. The van der Waals surface area contributed by atoms with E-state index in [1.807, 2.05) is 0 Å². The Bertz CT molecular complexity index is 394. The number of fused-ring (bicyclic) bond motifs is 1. The lowest BCUT2D eigenvalue weighted by Crippen LogP contribution is -2.18. The molecule has 74 valence electrons. The molecule has 0 saturated carbocycles. The topological polar surface area (TPSA) is 64.4 Å². The minimum atomic E-state index is -0.515.